The van der Waals surface area contributed by atoms with Crippen molar-refractivity contribution >= 4 is 11.8 Å². The van der Waals surface area contributed by atoms with Crippen LogP contribution in [0.25, 0.3) is 0 Å². The SMILES string of the molecule is N#Cc1ccccc1CSc1ccc(CN)cc1. The normalized spacial score (nSPS) is 10.0. The Morgan fingerprint density at radius 3 is 2.44 bits per heavy atom. The molecule has 0 amide bonds. The van der Waals surface area contributed by atoms with Gasteiger partial charge in [-0.1, -0.05) is 30.3 Å². The van der Waals surface area contributed by atoms with Crippen molar-refractivity contribution in [1.29, 1.82) is 5.26 Å². The first-order valence-electron chi connectivity index (χ1n) is 5.73. The van der Waals surface area contributed by atoms with Crippen LogP contribution < -0.4 is 5.73 Å². The van der Waals surface area contributed by atoms with E-state index < -0.39 is 0 Å². The van der Waals surface area contributed by atoms with Crippen molar-refractivity contribution in [2.45, 2.75) is 17.2 Å². The second-order valence-electron chi connectivity index (χ2n) is 3.91. The van der Waals surface area contributed by atoms with Crippen molar-refractivity contribution in [2.75, 3.05) is 0 Å². The van der Waals surface area contributed by atoms with Crippen LogP contribution in [0.4, 0.5) is 0 Å². The maximum Gasteiger partial charge on any atom is 0.0994 e. The molecule has 2 N–H and O–H groups in total. The quantitative estimate of drug-likeness (QED) is 0.852. The van der Waals surface area contributed by atoms with Gasteiger partial charge < -0.3 is 5.73 Å². The van der Waals surface area contributed by atoms with Gasteiger partial charge >= 0.3 is 0 Å². The van der Waals surface area contributed by atoms with Crippen molar-refractivity contribution in [1.82, 2.24) is 0 Å². The van der Waals surface area contributed by atoms with Crippen molar-refractivity contribution < 1.29 is 0 Å². The molecule has 0 aromatic heterocycles. The molecular weight excluding hydrogens is 240 g/mol. The van der Waals surface area contributed by atoms with Gasteiger partial charge in [0, 0.05) is 17.2 Å². The first-order valence-corrected chi connectivity index (χ1v) is 6.72. The lowest BCUT2D eigenvalue weighted by Crippen LogP contribution is -1.95. The fourth-order valence-corrected chi connectivity index (χ4v) is 2.54. The van der Waals surface area contributed by atoms with E-state index in [9.17, 15) is 0 Å². The maximum atomic E-state index is 9.01. The lowest BCUT2D eigenvalue weighted by atomic mass is 10.1. The standard InChI is InChI=1S/C15H14N2S/c16-9-12-5-7-15(8-6-12)18-11-14-4-2-1-3-13(14)10-17/h1-8H,9,11,16H2. The van der Waals surface area contributed by atoms with Gasteiger partial charge in [0.05, 0.1) is 11.6 Å². The van der Waals surface area contributed by atoms with Crippen LogP contribution in [-0.2, 0) is 12.3 Å². The average molecular weight is 254 g/mol. The summed E-state index contributed by atoms with van der Waals surface area (Å²) in [6.45, 7) is 0.572. The number of hydrogen-bond donors (Lipinski definition) is 1. The van der Waals surface area contributed by atoms with Crippen LogP contribution in [0.3, 0.4) is 0 Å². The highest BCUT2D eigenvalue weighted by Gasteiger charge is 2.01. The number of nitrogens with zero attached hydrogens (tertiary/aromatic N) is 1. The zero-order valence-corrected chi connectivity index (χ0v) is 10.8. The van der Waals surface area contributed by atoms with Crippen LogP contribution in [0.5, 0.6) is 0 Å². The molecule has 2 aromatic carbocycles. The van der Waals surface area contributed by atoms with E-state index >= 15 is 0 Å². The summed E-state index contributed by atoms with van der Waals surface area (Å²) in [6, 6.07) is 18.2. The van der Waals surface area contributed by atoms with Gasteiger partial charge in [-0.3, -0.25) is 0 Å². The Labute approximate surface area is 111 Å². The predicted octanol–water partition coefficient (Wildman–Crippen LogP) is 3.31. The number of hydrogen-bond acceptors (Lipinski definition) is 3. The fourth-order valence-electron chi connectivity index (χ4n) is 1.64. The van der Waals surface area contributed by atoms with Gasteiger partial charge in [0.15, 0.2) is 0 Å². The van der Waals surface area contributed by atoms with Gasteiger partial charge in [-0.25, -0.2) is 0 Å². The average Bonchev–Trinajstić information content (AvgIpc) is 2.46. The van der Waals surface area contributed by atoms with Crippen LogP contribution in [-0.4, -0.2) is 0 Å². The molecule has 0 radical (unpaired) electrons. The van der Waals surface area contributed by atoms with Crippen LogP contribution in [0.2, 0.25) is 0 Å². The highest BCUT2D eigenvalue weighted by molar-refractivity contribution is 7.98. The fraction of sp³-hybridized carbons (Fsp3) is 0.133. The Morgan fingerprint density at radius 2 is 1.78 bits per heavy atom. The Bertz CT molecular complexity index is 555. The third-order valence-electron chi connectivity index (χ3n) is 2.69. The third-order valence-corrected chi connectivity index (χ3v) is 3.75. The van der Waals surface area contributed by atoms with Gasteiger partial charge in [0.1, 0.15) is 0 Å². The van der Waals surface area contributed by atoms with Crippen LogP contribution in [0, 0.1) is 11.3 Å². The monoisotopic (exact) mass is 254 g/mol. The minimum atomic E-state index is 0.572. The first-order chi connectivity index (χ1) is 8.83. The molecule has 0 unspecified atom stereocenters. The highest BCUT2D eigenvalue weighted by Crippen LogP contribution is 2.24. The highest BCUT2D eigenvalue weighted by atomic mass is 32.2. The zero-order chi connectivity index (χ0) is 12.8. The van der Waals surface area contributed by atoms with E-state index in [1.54, 1.807) is 11.8 Å². The molecule has 0 bridgehead atoms. The molecule has 0 aliphatic rings. The Balaban J connectivity index is 2.05. The number of benzene rings is 2. The van der Waals surface area contributed by atoms with Gasteiger partial charge in [-0.05, 0) is 29.3 Å². The summed E-state index contributed by atoms with van der Waals surface area (Å²) >= 11 is 1.73. The maximum absolute atomic E-state index is 9.01. The molecule has 0 aliphatic heterocycles. The van der Waals surface area contributed by atoms with Crippen molar-refractivity contribution in [3.05, 3.63) is 65.2 Å². The molecule has 90 valence electrons. The van der Waals surface area contributed by atoms with Gasteiger partial charge in [0.25, 0.3) is 0 Å². The van der Waals surface area contributed by atoms with E-state index in [1.807, 2.05) is 36.4 Å². The summed E-state index contributed by atoms with van der Waals surface area (Å²) in [6.07, 6.45) is 0. The number of nitrogens with two attached hydrogens (primary N) is 1. The number of nitriles is 1. The molecule has 0 saturated heterocycles. The summed E-state index contributed by atoms with van der Waals surface area (Å²) in [5, 5.41) is 9.01. The van der Waals surface area contributed by atoms with Crippen LogP contribution >= 0.6 is 11.8 Å². The van der Waals surface area contributed by atoms with Crippen molar-refractivity contribution in [3.63, 3.8) is 0 Å². The van der Waals surface area contributed by atoms with Crippen LogP contribution in [0.15, 0.2) is 53.4 Å². The van der Waals surface area contributed by atoms with Crippen LogP contribution in [0.1, 0.15) is 16.7 Å². The first kappa shape index (κ1) is 12.7. The Morgan fingerprint density at radius 1 is 1.06 bits per heavy atom. The summed E-state index contributed by atoms with van der Waals surface area (Å²) in [4.78, 5) is 1.19. The summed E-state index contributed by atoms with van der Waals surface area (Å²) < 4.78 is 0. The largest absolute Gasteiger partial charge is 0.326 e. The number of thioether (sulfide) groups is 1. The van der Waals surface area contributed by atoms with E-state index in [-0.39, 0.29) is 0 Å². The van der Waals surface area contributed by atoms with Gasteiger partial charge in [-0.15, -0.1) is 11.8 Å². The molecule has 2 aromatic rings. The van der Waals surface area contributed by atoms with E-state index in [0.29, 0.717) is 6.54 Å². The van der Waals surface area contributed by atoms with E-state index in [1.165, 1.54) is 4.90 Å². The molecule has 0 heterocycles. The second kappa shape index (κ2) is 6.25. The van der Waals surface area contributed by atoms with E-state index in [4.69, 9.17) is 11.0 Å². The Hall–Kier alpha value is -1.76. The second-order valence-corrected chi connectivity index (χ2v) is 4.95. The summed E-state index contributed by atoms with van der Waals surface area (Å²) in [5.74, 6) is 0.811. The third kappa shape index (κ3) is 3.13. The molecule has 0 fully saturated rings. The van der Waals surface area contributed by atoms with Crippen molar-refractivity contribution in [3.8, 4) is 6.07 Å². The molecule has 3 heteroatoms. The molecule has 2 nitrogen and oxygen atoms in total. The lowest BCUT2D eigenvalue weighted by molar-refractivity contribution is 1.07. The van der Waals surface area contributed by atoms with Gasteiger partial charge in [0.2, 0.25) is 0 Å². The predicted molar refractivity (Wildman–Crippen MR) is 75.1 cm³/mol. The molecule has 0 atom stereocenters. The smallest absolute Gasteiger partial charge is 0.0994 e. The molecule has 0 saturated carbocycles. The Kier molecular flexibility index (Phi) is 4.40. The summed E-state index contributed by atoms with van der Waals surface area (Å²) in [7, 11) is 0. The number of rotatable bonds is 4. The van der Waals surface area contributed by atoms with Gasteiger partial charge in [-0.2, -0.15) is 5.26 Å². The zero-order valence-electron chi connectivity index (χ0n) is 9.97. The molecular formula is C15H14N2S. The minimum Gasteiger partial charge on any atom is -0.326 e. The minimum absolute atomic E-state index is 0.572. The molecule has 2 rings (SSSR count). The molecule has 0 spiro atoms. The van der Waals surface area contributed by atoms with E-state index in [0.717, 1.165) is 22.4 Å². The molecule has 0 aliphatic carbocycles. The van der Waals surface area contributed by atoms with Crippen molar-refractivity contribution in [2.24, 2.45) is 5.73 Å². The topological polar surface area (TPSA) is 49.8 Å². The lowest BCUT2D eigenvalue weighted by Gasteiger charge is -2.04. The summed E-state index contributed by atoms with van der Waals surface area (Å²) in [5.41, 5.74) is 8.53. The van der Waals surface area contributed by atoms with E-state index in [2.05, 4.69) is 18.2 Å². The molecule has 18 heavy (non-hydrogen) atoms.